The maximum Gasteiger partial charge on any atom is 0.419 e. The Labute approximate surface area is 146 Å². The second kappa shape index (κ2) is 6.78. The smallest absolute Gasteiger partial charge is 0.356 e. The third kappa shape index (κ3) is 3.84. The van der Waals surface area contributed by atoms with Gasteiger partial charge in [0, 0.05) is 23.7 Å². The highest BCUT2D eigenvalue weighted by atomic mass is 19.4. The first-order valence-electron chi connectivity index (χ1n) is 7.84. The highest BCUT2D eigenvalue weighted by molar-refractivity contribution is 6.05. The minimum absolute atomic E-state index is 0.0333. The maximum atomic E-state index is 13.3. The molecule has 0 bridgehead atoms. The highest BCUT2D eigenvalue weighted by Gasteiger charge is 2.34. The molecule has 3 rings (SSSR count). The number of rotatable bonds is 3. The van der Waals surface area contributed by atoms with Crippen molar-refractivity contribution in [2.75, 3.05) is 5.32 Å². The van der Waals surface area contributed by atoms with E-state index >= 15 is 0 Å². The zero-order chi connectivity index (χ0) is 18.9. The lowest BCUT2D eigenvalue weighted by Crippen LogP contribution is -2.31. The number of carbonyl (C=O) groups is 1. The predicted octanol–water partition coefficient (Wildman–Crippen LogP) is 4.45. The first-order chi connectivity index (χ1) is 12.2. The van der Waals surface area contributed by atoms with E-state index < -0.39 is 17.6 Å². The van der Waals surface area contributed by atoms with Crippen LogP contribution in [0.2, 0.25) is 0 Å². The molecule has 1 heterocycles. The van der Waals surface area contributed by atoms with E-state index in [0.29, 0.717) is 12.1 Å². The summed E-state index contributed by atoms with van der Waals surface area (Å²) in [4.78, 5) is 11.3. The molecule has 2 aromatic carbocycles. The third-order valence-electron chi connectivity index (χ3n) is 4.00. The average molecular weight is 365 g/mol. The molecule has 4 nitrogen and oxygen atoms in total. The van der Waals surface area contributed by atoms with Crippen LogP contribution in [-0.4, -0.2) is 11.6 Å². The number of hydrazone groups is 1. The number of halogens is 4. The molecular weight excluding hydrogens is 350 g/mol. The van der Waals surface area contributed by atoms with Gasteiger partial charge in [-0.1, -0.05) is 19.1 Å². The number of nitrogens with one attached hydrogen (secondary N) is 2. The Morgan fingerprint density at radius 3 is 2.38 bits per heavy atom. The molecule has 1 aliphatic heterocycles. The summed E-state index contributed by atoms with van der Waals surface area (Å²) >= 11 is 0. The fraction of sp³-hybridized carbons (Fsp3) is 0.222. The number of benzene rings is 2. The molecule has 1 atom stereocenters. The molecule has 0 aromatic heterocycles. The van der Waals surface area contributed by atoms with Crippen LogP contribution < -0.4 is 10.7 Å². The van der Waals surface area contributed by atoms with E-state index in [4.69, 9.17) is 0 Å². The van der Waals surface area contributed by atoms with E-state index in [1.54, 1.807) is 24.3 Å². The fourth-order valence-corrected chi connectivity index (χ4v) is 2.71. The summed E-state index contributed by atoms with van der Waals surface area (Å²) in [6, 6.07) is 9.61. The van der Waals surface area contributed by atoms with E-state index in [0.717, 1.165) is 23.4 Å². The number of nitrogens with zero attached hydrogens (tertiary/aromatic N) is 1. The average Bonchev–Trinajstić information content (AvgIpc) is 2.57. The minimum atomic E-state index is -4.76. The molecule has 0 saturated carbocycles. The summed E-state index contributed by atoms with van der Waals surface area (Å²) in [5.74, 6) is -1.49. The number of amides is 1. The summed E-state index contributed by atoms with van der Waals surface area (Å²) in [5.41, 5.74) is 3.32. The summed E-state index contributed by atoms with van der Waals surface area (Å²) in [5, 5.41) is 6.87. The van der Waals surface area contributed by atoms with Crippen LogP contribution in [-0.2, 0) is 11.0 Å². The summed E-state index contributed by atoms with van der Waals surface area (Å²) < 4.78 is 51.7. The number of carbonyl (C=O) groups excluding carboxylic acids is 1. The van der Waals surface area contributed by atoms with Crippen molar-refractivity contribution in [1.82, 2.24) is 5.43 Å². The second-order valence-corrected chi connectivity index (χ2v) is 6.03. The summed E-state index contributed by atoms with van der Waals surface area (Å²) in [6.07, 6.45) is -4.42. The van der Waals surface area contributed by atoms with E-state index in [2.05, 4.69) is 15.8 Å². The zero-order valence-electron chi connectivity index (χ0n) is 13.7. The molecule has 0 saturated heterocycles. The van der Waals surface area contributed by atoms with Gasteiger partial charge in [-0.25, -0.2) is 9.82 Å². The number of alkyl halides is 3. The topological polar surface area (TPSA) is 53.5 Å². The van der Waals surface area contributed by atoms with Crippen LogP contribution in [0.4, 0.5) is 28.9 Å². The molecule has 8 heteroatoms. The van der Waals surface area contributed by atoms with Gasteiger partial charge in [-0.05, 0) is 35.9 Å². The molecular formula is C18H15F4N3O. The molecule has 136 valence electrons. The quantitative estimate of drug-likeness (QED) is 0.790. The van der Waals surface area contributed by atoms with Crippen molar-refractivity contribution in [3.8, 4) is 0 Å². The Bertz CT molecular complexity index is 860. The molecule has 26 heavy (non-hydrogen) atoms. The SMILES string of the molecule is C[C@@H]1CC(=O)NN=C1c1ccc(Nc2ccc(F)c(C(F)(F)F)c2)cc1. The van der Waals surface area contributed by atoms with Crippen LogP contribution in [0.25, 0.3) is 0 Å². The maximum absolute atomic E-state index is 13.3. The van der Waals surface area contributed by atoms with Gasteiger partial charge in [0.15, 0.2) is 0 Å². The summed E-state index contributed by atoms with van der Waals surface area (Å²) in [6.45, 7) is 1.89. The van der Waals surface area contributed by atoms with E-state index in [1.165, 1.54) is 6.07 Å². The van der Waals surface area contributed by atoms with E-state index in [1.807, 2.05) is 6.92 Å². The molecule has 0 fully saturated rings. The van der Waals surface area contributed by atoms with Crippen LogP contribution >= 0.6 is 0 Å². The van der Waals surface area contributed by atoms with E-state index in [-0.39, 0.29) is 17.5 Å². The lowest BCUT2D eigenvalue weighted by Gasteiger charge is -2.19. The first-order valence-corrected chi connectivity index (χ1v) is 7.84. The standard InChI is InChI=1S/C18H15F4N3O/c1-10-8-16(26)24-25-17(10)11-2-4-12(5-3-11)23-13-6-7-15(19)14(9-13)18(20,21)22/h2-7,9-10,23H,8H2,1H3,(H,24,26)/t10-/m1/s1. The first kappa shape index (κ1) is 17.9. The fourth-order valence-electron chi connectivity index (χ4n) is 2.71. The largest absolute Gasteiger partial charge is 0.419 e. The molecule has 0 spiro atoms. The predicted molar refractivity (Wildman–Crippen MR) is 89.6 cm³/mol. The molecule has 1 amide bonds. The number of hydrogen-bond donors (Lipinski definition) is 2. The van der Waals surface area contributed by atoms with Gasteiger partial charge in [0.2, 0.25) is 5.91 Å². The van der Waals surface area contributed by atoms with E-state index in [9.17, 15) is 22.4 Å². The minimum Gasteiger partial charge on any atom is -0.356 e. The van der Waals surface area contributed by atoms with Crippen molar-refractivity contribution in [1.29, 1.82) is 0 Å². The van der Waals surface area contributed by atoms with Gasteiger partial charge < -0.3 is 5.32 Å². The van der Waals surface area contributed by atoms with Crippen molar-refractivity contribution in [2.24, 2.45) is 11.0 Å². The van der Waals surface area contributed by atoms with Crippen molar-refractivity contribution in [3.63, 3.8) is 0 Å². The van der Waals surface area contributed by atoms with Gasteiger partial charge in [-0.3, -0.25) is 4.79 Å². The van der Waals surface area contributed by atoms with Gasteiger partial charge in [0.05, 0.1) is 11.3 Å². The van der Waals surface area contributed by atoms with Crippen LogP contribution in [0.5, 0.6) is 0 Å². The van der Waals surface area contributed by atoms with Crippen LogP contribution in [0, 0.1) is 11.7 Å². The van der Waals surface area contributed by atoms with Crippen molar-refractivity contribution < 1.29 is 22.4 Å². The molecule has 0 unspecified atom stereocenters. The molecule has 2 aromatic rings. The van der Waals surface area contributed by atoms with Crippen LogP contribution in [0.15, 0.2) is 47.6 Å². The Kier molecular flexibility index (Phi) is 4.67. The molecule has 0 aliphatic carbocycles. The monoisotopic (exact) mass is 365 g/mol. The van der Waals surface area contributed by atoms with Crippen molar-refractivity contribution in [2.45, 2.75) is 19.5 Å². The lowest BCUT2D eigenvalue weighted by molar-refractivity contribution is -0.140. The van der Waals surface area contributed by atoms with Gasteiger partial charge in [0.25, 0.3) is 0 Å². The Morgan fingerprint density at radius 2 is 1.77 bits per heavy atom. The van der Waals surface area contributed by atoms with Crippen LogP contribution in [0.3, 0.4) is 0 Å². The van der Waals surface area contributed by atoms with Gasteiger partial charge in [0.1, 0.15) is 5.82 Å². The Hall–Kier alpha value is -2.90. The summed E-state index contributed by atoms with van der Waals surface area (Å²) in [7, 11) is 0. The van der Waals surface area contributed by atoms with Gasteiger partial charge in [-0.2, -0.15) is 18.3 Å². The highest BCUT2D eigenvalue weighted by Crippen LogP contribution is 2.33. The second-order valence-electron chi connectivity index (χ2n) is 6.03. The number of anilines is 2. The zero-order valence-corrected chi connectivity index (χ0v) is 13.7. The Morgan fingerprint density at radius 1 is 1.12 bits per heavy atom. The molecule has 1 aliphatic rings. The lowest BCUT2D eigenvalue weighted by atomic mass is 9.94. The van der Waals surface area contributed by atoms with Crippen molar-refractivity contribution in [3.05, 3.63) is 59.4 Å². The van der Waals surface area contributed by atoms with Gasteiger partial charge >= 0.3 is 6.18 Å². The Balaban J connectivity index is 1.79. The number of hydrogen-bond acceptors (Lipinski definition) is 3. The molecule has 2 N–H and O–H groups in total. The van der Waals surface area contributed by atoms with Gasteiger partial charge in [-0.15, -0.1) is 0 Å². The third-order valence-corrected chi connectivity index (χ3v) is 4.00. The van der Waals surface area contributed by atoms with Crippen molar-refractivity contribution >= 4 is 23.0 Å². The molecule has 0 radical (unpaired) electrons. The normalized spacial score (nSPS) is 17.5. The van der Waals surface area contributed by atoms with Crippen LogP contribution in [0.1, 0.15) is 24.5 Å².